The number of nitrogens with zero attached hydrogens (tertiary/aromatic N) is 4. The number of aryl methyl sites for hydroxylation is 1. The first-order valence-corrected chi connectivity index (χ1v) is 6.56. The Morgan fingerprint density at radius 2 is 2.21 bits per heavy atom. The molecule has 0 atom stereocenters. The van der Waals surface area contributed by atoms with Gasteiger partial charge in [0.2, 0.25) is 0 Å². The van der Waals surface area contributed by atoms with Crippen molar-refractivity contribution >= 4 is 17.2 Å². The second-order valence-corrected chi connectivity index (χ2v) is 4.55. The standard InChI is InChI=1S/C12H11N5OS/c1-8-14-12(18-16-8)10-4-2-3-5-11(10)13-6-9-7-19-17-15-9/h2-5,7,13H,6H2,1H3. The molecule has 0 radical (unpaired) electrons. The lowest BCUT2D eigenvalue weighted by Crippen LogP contribution is -2.01. The Labute approximate surface area is 113 Å². The van der Waals surface area contributed by atoms with Gasteiger partial charge < -0.3 is 9.84 Å². The van der Waals surface area contributed by atoms with Crippen LogP contribution in [0.2, 0.25) is 0 Å². The monoisotopic (exact) mass is 273 g/mol. The van der Waals surface area contributed by atoms with Gasteiger partial charge in [0.25, 0.3) is 5.89 Å². The Hall–Kier alpha value is -2.28. The van der Waals surface area contributed by atoms with E-state index in [9.17, 15) is 0 Å². The summed E-state index contributed by atoms with van der Waals surface area (Å²) in [6.07, 6.45) is 0. The molecule has 0 aliphatic heterocycles. The highest BCUT2D eigenvalue weighted by molar-refractivity contribution is 7.03. The highest BCUT2D eigenvalue weighted by atomic mass is 32.1. The van der Waals surface area contributed by atoms with Gasteiger partial charge >= 0.3 is 0 Å². The molecule has 1 N–H and O–H groups in total. The molecule has 0 bridgehead atoms. The van der Waals surface area contributed by atoms with Crippen molar-refractivity contribution in [3.8, 4) is 11.5 Å². The van der Waals surface area contributed by atoms with Crippen LogP contribution in [0, 0.1) is 6.92 Å². The molecule has 2 aromatic heterocycles. The van der Waals surface area contributed by atoms with Gasteiger partial charge in [0, 0.05) is 11.1 Å². The molecule has 0 aliphatic carbocycles. The molecule has 0 saturated carbocycles. The van der Waals surface area contributed by atoms with E-state index in [0.29, 0.717) is 18.3 Å². The maximum Gasteiger partial charge on any atom is 0.260 e. The lowest BCUT2D eigenvalue weighted by Gasteiger charge is -2.07. The van der Waals surface area contributed by atoms with Gasteiger partial charge in [0.1, 0.15) is 0 Å². The zero-order valence-corrected chi connectivity index (χ0v) is 11.0. The van der Waals surface area contributed by atoms with E-state index >= 15 is 0 Å². The highest BCUT2D eigenvalue weighted by Crippen LogP contribution is 2.26. The van der Waals surface area contributed by atoms with Crippen molar-refractivity contribution in [2.24, 2.45) is 0 Å². The van der Waals surface area contributed by atoms with E-state index in [4.69, 9.17) is 4.52 Å². The highest BCUT2D eigenvalue weighted by Gasteiger charge is 2.11. The lowest BCUT2D eigenvalue weighted by molar-refractivity contribution is 0.426. The molecule has 0 aliphatic rings. The second kappa shape index (κ2) is 5.15. The van der Waals surface area contributed by atoms with Crippen LogP contribution in [0.1, 0.15) is 11.5 Å². The fourth-order valence-corrected chi connectivity index (χ4v) is 2.13. The quantitative estimate of drug-likeness (QED) is 0.787. The first-order valence-electron chi connectivity index (χ1n) is 5.72. The minimum absolute atomic E-state index is 0.511. The van der Waals surface area contributed by atoms with Crippen LogP contribution in [0.15, 0.2) is 34.2 Å². The first-order chi connectivity index (χ1) is 9.33. The molecule has 2 heterocycles. The van der Waals surface area contributed by atoms with Crippen molar-refractivity contribution in [3.63, 3.8) is 0 Å². The maximum absolute atomic E-state index is 5.20. The van der Waals surface area contributed by atoms with Crippen LogP contribution in [-0.4, -0.2) is 19.7 Å². The molecule has 0 fully saturated rings. The number of anilines is 1. The van der Waals surface area contributed by atoms with Crippen LogP contribution in [0.25, 0.3) is 11.5 Å². The lowest BCUT2D eigenvalue weighted by atomic mass is 10.1. The number of benzene rings is 1. The summed E-state index contributed by atoms with van der Waals surface area (Å²) < 4.78 is 9.03. The Morgan fingerprint density at radius 3 is 2.95 bits per heavy atom. The molecule has 0 unspecified atom stereocenters. The normalized spacial score (nSPS) is 10.6. The SMILES string of the molecule is Cc1noc(-c2ccccc2NCc2csnn2)n1. The van der Waals surface area contributed by atoms with Gasteiger partial charge in [-0.3, -0.25) is 0 Å². The van der Waals surface area contributed by atoms with E-state index in [1.807, 2.05) is 29.6 Å². The van der Waals surface area contributed by atoms with Gasteiger partial charge in [0.15, 0.2) is 5.82 Å². The summed E-state index contributed by atoms with van der Waals surface area (Å²) >= 11 is 1.34. The molecule has 0 spiro atoms. The third-order valence-electron chi connectivity index (χ3n) is 2.55. The van der Waals surface area contributed by atoms with Gasteiger partial charge in [-0.25, -0.2) is 0 Å². The summed E-state index contributed by atoms with van der Waals surface area (Å²) in [4.78, 5) is 4.24. The average Bonchev–Trinajstić information content (AvgIpc) is 3.08. The van der Waals surface area contributed by atoms with Crippen LogP contribution in [0.4, 0.5) is 5.69 Å². The van der Waals surface area contributed by atoms with Crippen LogP contribution < -0.4 is 5.32 Å². The molecule has 96 valence electrons. The molecule has 1 aromatic carbocycles. The number of nitrogens with one attached hydrogen (secondary N) is 1. The molecular weight excluding hydrogens is 262 g/mol. The van der Waals surface area contributed by atoms with Crippen molar-refractivity contribution in [1.29, 1.82) is 0 Å². The minimum Gasteiger partial charge on any atom is -0.379 e. The number of rotatable bonds is 4. The molecule has 3 rings (SSSR count). The largest absolute Gasteiger partial charge is 0.379 e. The predicted molar refractivity (Wildman–Crippen MR) is 71.7 cm³/mol. The first kappa shape index (κ1) is 11.8. The summed E-state index contributed by atoms with van der Waals surface area (Å²) in [6.45, 7) is 2.41. The molecule has 19 heavy (non-hydrogen) atoms. The fourth-order valence-electron chi connectivity index (χ4n) is 1.68. The average molecular weight is 273 g/mol. The summed E-state index contributed by atoms with van der Waals surface area (Å²) in [5, 5.41) is 13.0. The van der Waals surface area contributed by atoms with Crippen molar-refractivity contribution in [1.82, 2.24) is 19.7 Å². The van der Waals surface area contributed by atoms with Crippen LogP contribution in [0.5, 0.6) is 0 Å². The molecule has 0 saturated heterocycles. The summed E-state index contributed by atoms with van der Waals surface area (Å²) in [7, 11) is 0. The van der Waals surface area contributed by atoms with Crippen LogP contribution >= 0.6 is 11.5 Å². The summed E-state index contributed by atoms with van der Waals surface area (Å²) in [5.41, 5.74) is 2.71. The third kappa shape index (κ3) is 2.60. The van der Waals surface area contributed by atoms with Gasteiger partial charge in [0.05, 0.1) is 17.8 Å². The summed E-state index contributed by atoms with van der Waals surface area (Å²) in [5.74, 6) is 1.13. The van der Waals surface area contributed by atoms with Crippen molar-refractivity contribution in [2.45, 2.75) is 13.5 Å². The summed E-state index contributed by atoms with van der Waals surface area (Å²) in [6, 6.07) is 7.79. The zero-order valence-electron chi connectivity index (χ0n) is 10.2. The number of hydrogen-bond donors (Lipinski definition) is 1. The molecule has 6 nitrogen and oxygen atoms in total. The fraction of sp³-hybridized carbons (Fsp3) is 0.167. The molecule has 7 heteroatoms. The van der Waals surface area contributed by atoms with Crippen LogP contribution in [-0.2, 0) is 6.54 Å². The second-order valence-electron chi connectivity index (χ2n) is 3.94. The Balaban J connectivity index is 1.85. The number of aromatic nitrogens is 4. The maximum atomic E-state index is 5.20. The number of hydrogen-bond acceptors (Lipinski definition) is 7. The van der Waals surface area contributed by atoms with Gasteiger partial charge in [-0.05, 0) is 30.6 Å². The van der Waals surface area contributed by atoms with E-state index in [-0.39, 0.29) is 0 Å². The smallest absolute Gasteiger partial charge is 0.260 e. The van der Waals surface area contributed by atoms with Crippen molar-refractivity contribution in [2.75, 3.05) is 5.32 Å². The topological polar surface area (TPSA) is 76.7 Å². The number of para-hydroxylation sites is 1. The van der Waals surface area contributed by atoms with Crippen molar-refractivity contribution in [3.05, 3.63) is 41.2 Å². The van der Waals surface area contributed by atoms with Gasteiger partial charge in [-0.1, -0.05) is 21.8 Å². The zero-order chi connectivity index (χ0) is 13.1. The Bertz CT molecular complexity index is 664. The third-order valence-corrected chi connectivity index (χ3v) is 3.10. The van der Waals surface area contributed by atoms with E-state index in [0.717, 1.165) is 16.9 Å². The van der Waals surface area contributed by atoms with E-state index in [1.54, 1.807) is 6.92 Å². The molecular formula is C12H11N5OS. The Morgan fingerprint density at radius 1 is 1.32 bits per heavy atom. The van der Waals surface area contributed by atoms with E-state index in [2.05, 4.69) is 25.0 Å². The van der Waals surface area contributed by atoms with Gasteiger partial charge in [-0.2, -0.15) is 4.98 Å². The molecule has 3 aromatic rings. The van der Waals surface area contributed by atoms with Gasteiger partial charge in [-0.15, -0.1) is 5.10 Å². The predicted octanol–water partition coefficient (Wildman–Crippen LogP) is 2.51. The van der Waals surface area contributed by atoms with E-state index in [1.165, 1.54) is 11.5 Å². The van der Waals surface area contributed by atoms with Crippen molar-refractivity contribution < 1.29 is 4.52 Å². The minimum atomic E-state index is 0.511. The Kier molecular flexibility index (Phi) is 3.20. The van der Waals surface area contributed by atoms with Crippen LogP contribution in [0.3, 0.4) is 0 Å². The van der Waals surface area contributed by atoms with E-state index < -0.39 is 0 Å². The molecule has 0 amide bonds.